The van der Waals surface area contributed by atoms with Crippen LogP contribution in [0.2, 0.25) is 0 Å². The molecule has 0 aromatic carbocycles. The van der Waals surface area contributed by atoms with Gasteiger partial charge >= 0.3 is 0 Å². The maximum absolute atomic E-state index is 13.6. The van der Waals surface area contributed by atoms with Crippen LogP contribution in [0.25, 0.3) is 0 Å². The van der Waals surface area contributed by atoms with E-state index >= 15 is 0 Å². The maximum atomic E-state index is 13.6. The molecule has 0 saturated carbocycles. The first-order chi connectivity index (χ1) is 7.83. The lowest BCUT2D eigenvalue weighted by molar-refractivity contribution is 0.165. The number of nitrogens with one attached hydrogen (secondary N) is 1. The zero-order valence-electron chi connectivity index (χ0n) is 9.62. The van der Waals surface area contributed by atoms with Crippen molar-refractivity contribution in [2.45, 2.75) is 19.4 Å². The van der Waals surface area contributed by atoms with Crippen LogP contribution in [-0.4, -0.2) is 36.1 Å². The molecule has 1 N–H and O–H groups in total. The van der Waals surface area contributed by atoms with Gasteiger partial charge < -0.3 is 5.32 Å². The first-order valence-electron chi connectivity index (χ1n) is 5.88. The highest BCUT2D eigenvalue weighted by Gasteiger charge is 2.23. The third-order valence-electron chi connectivity index (χ3n) is 3.13. The van der Waals surface area contributed by atoms with Crippen LogP contribution in [0.1, 0.15) is 24.9 Å². The van der Waals surface area contributed by atoms with Crippen LogP contribution in [0.3, 0.4) is 0 Å². The molecule has 0 aliphatic carbocycles. The third kappa shape index (κ3) is 2.39. The molecule has 3 nitrogen and oxygen atoms in total. The summed E-state index contributed by atoms with van der Waals surface area (Å²) in [7, 11) is 0. The first-order valence-corrected chi connectivity index (χ1v) is 5.88. The highest BCUT2D eigenvalue weighted by molar-refractivity contribution is 5.16. The molecule has 2 rings (SSSR count). The number of nitrogens with zero attached hydrogens (tertiary/aromatic N) is 2. The van der Waals surface area contributed by atoms with Crippen LogP contribution < -0.4 is 5.32 Å². The van der Waals surface area contributed by atoms with Crippen LogP contribution in [-0.2, 0) is 0 Å². The second kappa shape index (κ2) is 5.37. The molecule has 0 bridgehead atoms. The van der Waals surface area contributed by atoms with Crippen LogP contribution >= 0.6 is 0 Å². The van der Waals surface area contributed by atoms with E-state index < -0.39 is 0 Å². The molecule has 0 unspecified atom stereocenters. The summed E-state index contributed by atoms with van der Waals surface area (Å²) in [5.41, 5.74) is 0.729. The van der Waals surface area contributed by atoms with Crippen LogP contribution in [0.5, 0.6) is 0 Å². The lowest BCUT2D eigenvalue weighted by atomic mass is 10.0. The molecule has 88 valence electrons. The average molecular weight is 223 g/mol. The van der Waals surface area contributed by atoms with E-state index in [0.717, 1.165) is 38.2 Å². The number of rotatable bonds is 3. The van der Waals surface area contributed by atoms with Crippen LogP contribution in [0.4, 0.5) is 4.39 Å². The van der Waals surface area contributed by atoms with E-state index in [4.69, 9.17) is 0 Å². The van der Waals surface area contributed by atoms with E-state index in [1.165, 1.54) is 6.20 Å². The molecule has 0 spiro atoms. The molecule has 1 aromatic heterocycles. The van der Waals surface area contributed by atoms with Gasteiger partial charge in [0.15, 0.2) is 0 Å². The van der Waals surface area contributed by atoms with Crippen molar-refractivity contribution < 1.29 is 4.39 Å². The molecular weight excluding hydrogens is 205 g/mol. The van der Waals surface area contributed by atoms with Crippen LogP contribution in [0.15, 0.2) is 18.3 Å². The summed E-state index contributed by atoms with van der Waals surface area (Å²) < 4.78 is 13.6. The lowest BCUT2D eigenvalue weighted by Gasteiger charge is -2.34. The van der Waals surface area contributed by atoms with Gasteiger partial charge in [0.2, 0.25) is 5.95 Å². The Labute approximate surface area is 95.7 Å². The molecule has 1 aliphatic heterocycles. The fourth-order valence-electron chi connectivity index (χ4n) is 2.32. The Balaban J connectivity index is 2.18. The molecule has 1 saturated heterocycles. The van der Waals surface area contributed by atoms with Gasteiger partial charge in [0.05, 0.1) is 0 Å². The summed E-state index contributed by atoms with van der Waals surface area (Å²) in [6.45, 7) is 6.02. The Morgan fingerprint density at radius 3 is 2.88 bits per heavy atom. The van der Waals surface area contributed by atoms with Crippen molar-refractivity contribution in [2.24, 2.45) is 0 Å². The number of aromatic nitrogens is 1. The van der Waals surface area contributed by atoms with Crippen molar-refractivity contribution in [1.29, 1.82) is 0 Å². The lowest BCUT2D eigenvalue weighted by Crippen LogP contribution is -2.45. The van der Waals surface area contributed by atoms with Crippen molar-refractivity contribution in [3.63, 3.8) is 0 Å². The van der Waals surface area contributed by atoms with Gasteiger partial charge in [-0.2, -0.15) is 4.39 Å². The van der Waals surface area contributed by atoms with Gasteiger partial charge in [-0.1, -0.05) is 13.0 Å². The predicted molar refractivity (Wildman–Crippen MR) is 61.7 cm³/mol. The van der Waals surface area contributed by atoms with Gasteiger partial charge in [0, 0.05) is 44.0 Å². The van der Waals surface area contributed by atoms with Gasteiger partial charge in [-0.3, -0.25) is 4.90 Å². The predicted octanol–water partition coefficient (Wildman–Crippen LogP) is 1.58. The molecule has 4 heteroatoms. The number of hydrogen-bond donors (Lipinski definition) is 1. The Morgan fingerprint density at radius 1 is 1.50 bits per heavy atom. The minimum Gasteiger partial charge on any atom is -0.314 e. The summed E-state index contributed by atoms with van der Waals surface area (Å²) in [6.07, 6.45) is 2.42. The van der Waals surface area contributed by atoms with E-state index in [1.54, 1.807) is 0 Å². The third-order valence-corrected chi connectivity index (χ3v) is 3.13. The van der Waals surface area contributed by atoms with Gasteiger partial charge in [0.1, 0.15) is 0 Å². The average Bonchev–Trinajstić information content (AvgIpc) is 2.34. The molecule has 0 radical (unpaired) electrons. The largest absolute Gasteiger partial charge is 0.314 e. The molecule has 1 aliphatic rings. The first kappa shape index (κ1) is 11.5. The summed E-state index contributed by atoms with van der Waals surface area (Å²) in [5, 5.41) is 3.31. The summed E-state index contributed by atoms with van der Waals surface area (Å²) in [6, 6.07) is 3.82. The fourth-order valence-corrected chi connectivity index (χ4v) is 2.32. The molecule has 1 atom stereocenters. The zero-order chi connectivity index (χ0) is 11.4. The van der Waals surface area contributed by atoms with E-state index in [0.29, 0.717) is 0 Å². The maximum Gasteiger partial charge on any atom is 0.217 e. The van der Waals surface area contributed by atoms with Gasteiger partial charge in [-0.05, 0) is 12.5 Å². The van der Waals surface area contributed by atoms with Gasteiger partial charge in [-0.15, -0.1) is 0 Å². The minimum atomic E-state index is -0.326. The van der Waals surface area contributed by atoms with Gasteiger partial charge in [-0.25, -0.2) is 4.98 Å². The van der Waals surface area contributed by atoms with Crippen molar-refractivity contribution in [1.82, 2.24) is 15.2 Å². The van der Waals surface area contributed by atoms with Crippen molar-refractivity contribution >= 4 is 0 Å². The molecule has 0 amide bonds. The zero-order valence-corrected chi connectivity index (χ0v) is 9.62. The van der Waals surface area contributed by atoms with E-state index in [-0.39, 0.29) is 12.0 Å². The molecule has 1 aromatic rings. The normalized spacial score (nSPS) is 19.6. The van der Waals surface area contributed by atoms with Crippen LogP contribution in [0, 0.1) is 5.95 Å². The SMILES string of the molecule is CC[C@H](c1cccnc1F)N1CCNCC1. The quantitative estimate of drug-likeness (QED) is 0.788. The Kier molecular flexibility index (Phi) is 3.85. The smallest absolute Gasteiger partial charge is 0.217 e. The van der Waals surface area contributed by atoms with E-state index in [9.17, 15) is 4.39 Å². The highest BCUT2D eigenvalue weighted by atomic mass is 19.1. The Bertz CT molecular complexity index is 337. The van der Waals surface area contributed by atoms with Gasteiger partial charge in [0.25, 0.3) is 0 Å². The van der Waals surface area contributed by atoms with E-state index in [2.05, 4.69) is 22.1 Å². The molecule has 2 heterocycles. The van der Waals surface area contributed by atoms with Crippen molar-refractivity contribution in [3.8, 4) is 0 Å². The van der Waals surface area contributed by atoms with Crippen molar-refractivity contribution in [3.05, 3.63) is 29.8 Å². The number of piperazine rings is 1. The Morgan fingerprint density at radius 2 is 2.25 bits per heavy atom. The van der Waals surface area contributed by atoms with Crippen molar-refractivity contribution in [2.75, 3.05) is 26.2 Å². The fraction of sp³-hybridized carbons (Fsp3) is 0.583. The Hall–Kier alpha value is -1.00. The molecule has 16 heavy (non-hydrogen) atoms. The summed E-state index contributed by atoms with van der Waals surface area (Å²) in [4.78, 5) is 6.06. The second-order valence-corrected chi connectivity index (χ2v) is 4.09. The minimum absolute atomic E-state index is 0.163. The monoisotopic (exact) mass is 223 g/mol. The summed E-state index contributed by atoms with van der Waals surface area (Å²) in [5.74, 6) is -0.326. The van der Waals surface area contributed by atoms with E-state index in [1.807, 2.05) is 12.1 Å². The number of halogens is 1. The standard InChI is InChI=1S/C12H18FN3/c1-2-11(16-8-6-14-7-9-16)10-4-3-5-15-12(10)13/h3-5,11,14H,2,6-9H2,1H3/t11-/m1/s1. The molecular formula is C12H18FN3. The highest BCUT2D eigenvalue weighted by Crippen LogP contribution is 2.25. The number of pyridine rings is 1. The number of hydrogen-bond acceptors (Lipinski definition) is 3. The molecule has 1 fully saturated rings. The topological polar surface area (TPSA) is 28.2 Å². The second-order valence-electron chi connectivity index (χ2n) is 4.09. The summed E-state index contributed by atoms with van der Waals surface area (Å²) >= 11 is 0.